The fraction of sp³-hybridized carbons (Fsp3) is 0.750. The molecule has 1 aromatic rings. The molecule has 1 N–H and O–H groups in total. The average molecular weight is 278 g/mol. The van der Waals surface area contributed by atoms with Crippen molar-refractivity contribution < 1.29 is 4.79 Å². The molecule has 0 bridgehead atoms. The van der Waals surface area contributed by atoms with E-state index in [9.17, 15) is 4.79 Å². The van der Waals surface area contributed by atoms with Crippen LogP contribution in [-0.2, 0) is 11.2 Å². The van der Waals surface area contributed by atoms with Crippen LogP contribution in [0.1, 0.15) is 63.9 Å². The van der Waals surface area contributed by atoms with E-state index < -0.39 is 0 Å². The van der Waals surface area contributed by atoms with Gasteiger partial charge in [0.25, 0.3) is 0 Å². The molecule has 0 aliphatic carbocycles. The maximum atomic E-state index is 12.1. The van der Waals surface area contributed by atoms with Crippen LogP contribution in [0.25, 0.3) is 0 Å². The number of aryl methyl sites for hydroxylation is 2. The van der Waals surface area contributed by atoms with Crippen molar-refractivity contribution in [1.29, 1.82) is 0 Å². The number of aromatic amines is 1. The van der Waals surface area contributed by atoms with Gasteiger partial charge in [-0.1, -0.05) is 20.3 Å². The van der Waals surface area contributed by atoms with Gasteiger partial charge in [0.2, 0.25) is 5.91 Å². The number of carbonyl (C=O) groups excluding carboxylic acids is 1. The van der Waals surface area contributed by atoms with E-state index in [4.69, 9.17) is 0 Å². The zero-order valence-corrected chi connectivity index (χ0v) is 13.2. The lowest BCUT2D eigenvalue weighted by atomic mass is 10.1. The number of nitrogens with one attached hydrogen (secondary N) is 1. The highest BCUT2D eigenvalue weighted by Crippen LogP contribution is 2.08. The van der Waals surface area contributed by atoms with Gasteiger partial charge in [0.05, 0.1) is 0 Å². The zero-order chi connectivity index (χ0) is 14.8. The number of aromatic nitrogens is 2. The monoisotopic (exact) mass is 278 g/mol. The zero-order valence-electron chi connectivity index (χ0n) is 13.2. The molecule has 0 aliphatic rings. The fourth-order valence-corrected chi connectivity index (χ4v) is 2.36. The van der Waals surface area contributed by atoms with Gasteiger partial charge in [0.1, 0.15) is 12.0 Å². The summed E-state index contributed by atoms with van der Waals surface area (Å²) >= 11 is 0. The number of imidazole rings is 1. The summed E-state index contributed by atoms with van der Waals surface area (Å²) in [6.45, 7) is 7.98. The Morgan fingerprint density at radius 2 is 1.90 bits per heavy atom. The third-order valence-electron chi connectivity index (χ3n) is 3.35. The molecule has 113 valence electrons. The molecule has 20 heavy (non-hydrogen) atoms. The highest BCUT2D eigenvalue weighted by molar-refractivity contribution is 5.76. The molecule has 0 aliphatic heterocycles. The fourth-order valence-electron chi connectivity index (χ4n) is 2.36. The first-order chi connectivity index (χ1) is 9.67. The van der Waals surface area contributed by atoms with Gasteiger partial charge in [-0.2, -0.15) is 0 Å². The Hall–Kier alpha value is -1.32. The molecular weight excluding hydrogens is 250 g/mol. The molecule has 1 amide bonds. The molecule has 0 unspecified atom stereocenters. The second-order valence-electron chi connectivity index (χ2n) is 5.35. The number of hydrogen-bond donors (Lipinski definition) is 1. The van der Waals surface area contributed by atoms with Crippen LogP contribution >= 0.6 is 0 Å². The predicted octanol–water partition coefficient (Wildman–Crippen LogP) is 3.27. The first-order valence-electron chi connectivity index (χ1n) is 7.88. The Balaban J connectivity index is 2.14. The SMILES string of the molecule is CCCN(CCC)C(=O)CCCCCc1[c]nc(C)[nH]1. The van der Waals surface area contributed by atoms with Gasteiger partial charge in [-0.15, -0.1) is 0 Å². The number of nitrogens with zero attached hydrogens (tertiary/aromatic N) is 2. The van der Waals surface area contributed by atoms with E-state index in [1.807, 2.05) is 11.8 Å². The van der Waals surface area contributed by atoms with Crippen molar-refractivity contribution in [1.82, 2.24) is 14.9 Å². The van der Waals surface area contributed by atoms with E-state index in [2.05, 4.69) is 30.0 Å². The van der Waals surface area contributed by atoms with Crippen LogP contribution in [0.5, 0.6) is 0 Å². The molecule has 0 aromatic carbocycles. The molecule has 0 fully saturated rings. The van der Waals surface area contributed by atoms with Crippen LogP contribution in [-0.4, -0.2) is 33.9 Å². The maximum absolute atomic E-state index is 12.1. The highest BCUT2D eigenvalue weighted by Gasteiger charge is 2.10. The van der Waals surface area contributed by atoms with Crippen LogP contribution in [0.15, 0.2) is 0 Å². The maximum Gasteiger partial charge on any atom is 0.222 e. The predicted molar refractivity (Wildman–Crippen MR) is 81.5 cm³/mol. The lowest BCUT2D eigenvalue weighted by Gasteiger charge is -2.21. The van der Waals surface area contributed by atoms with Gasteiger partial charge in [-0.3, -0.25) is 4.79 Å². The Labute approximate surface area is 123 Å². The standard InChI is InChI=1S/C16H28N3O/c1-4-11-19(12-5-2)16(20)10-8-6-7-9-15-13-17-14(3)18-15/h4-12H2,1-3H3,(H,17,18). The van der Waals surface area contributed by atoms with Crippen molar-refractivity contribution >= 4 is 5.91 Å². The second kappa shape index (κ2) is 9.56. The van der Waals surface area contributed by atoms with E-state index in [-0.39, 0.29) is 0 Å². The summed E-state index contributed by atoms with van der Waals surface area (Å²) in [5, 5.41) is 0. The van der Waals surface area contributed by atoms with Gasteiger partial charge in [0, 0.05) is 25.2 Å². The normalized spacial score (nSPS) is 10.8. The topological polar surface area (TPSA) is 49.0 Å². The molecule has 1 rings (SSSR count). The van der Waals surface area contributed by atoms with E-state index in [0.717, 1.165) is 63.1 Å². The molecular formula is C16H28N3O. The largest absolute Gasteiger partial charge is 0.346 e. The van der Waals surface area contributed by atoms with Crippen LogP contribution in [0.3, 0.4) is 0 Å². The quantitative estimate of drug-likeness (QED) is 0.668. The molecule has 1 heterocycles. The van der Waals surface area contributed by atoms with Crippen molar-refractivity contribution in [3.05, 3.63) is 17.7 Å². The third kappa shape index (κ3) is 6.22. The summed E-state index contributed by atoms with van der Waals surface area (Å²) in [5.74, 6) is 1.24. The summed E-state index contributed by atoms with van der Waals surface area (Å²) in [6.07, 6.45) is 9.88. The Kier molecular flexibility index (Phi) is 8.00. The van der Waals surface area contributed by atoms with Crippen LogP contribution in [0.4, 0.5) is 0 Å². The molecule has 4 heteroatoms. The minimum Gasteiger partial charge on any atom is -0.346 e. The van der Waals surface area contributed by atoms with E-state index >= 15 is 0 Å². The average Bonchev–Trinajstić information content (AvgIpc) is 2.83. The number of hydrogen-bond acceptors (Lipinski definition) is 2. The van der Waals surface area contributed by atoms with Crippen molar-refractivity contribution in [2.45, 2.75) is 65.7 Å². The summed E-state index contributed by atoms with van der Waals surface area (Å²) < 4.78 is 0. The molecule has 0 spiro atoms. The van der Waals surface area contributed by atoms with Gasteiger partial charge in [-0.25, -0.2) is 4.98 Å². The molecule has 0 saturated carbocycles. The highest BCUT2D eigenvalue weighted by atomic mass is 16.2. The van der Waals surface area contributed by atoms with Gasteiger partial charge in [-0.05, 0) is 39.0 Å². The van der Waals surface area contributed by atoms with Gasteiger partial charge in [0.15, 0.2) is 0 Å². The minimum absolute atomic E-state index is 0.317. The van der Waals surface area contributed by atoms with Crippen LogP contribution in [0.2, 0.25) is 0 Å². The lowest BCUT2D eigenvalue weighted by Crippen LogP contribution is -2.32. The summed E-state index contributed by atoms with van der Waals surface area (Å²) in [6, 6.07) is 0. The molecule has 1 radical (unpaired) electrons. The van der Waals surface area contributed by atoms with E-state index in [1.54, 1.807) is 0 Å². The molecule has 0 saturated heterocycles. The van der Waals surface area contributed by atoms with Crippen molar-refractivity contribution in [2.75, 3.05) is 13.1 Å². The van der Waals surface area contributed by atoms with E-state index in [0.29, 0.717) is 12.3 Å². The van der Waals surface area contributed by atoms with Crippen molar-refractivity contribution in [2.24, 2.45) is 0 Å². The van der Waals surface area contributed by atoms with Crippen LogP contribution < -0.4 is 0 Å². The smallest absolute Gasteiger partial charge is 0.222 e. The van der Waals surface area contributed by atoms with E-state index in [1.165, 1.54) is 0 Å². The lowest BCUT2D eigenvalue weighted by molar-refractivity contribution is -0.131. The minimum atomic E-state index is 0.317. The first kappa shape index (κ1) is 16.7. The second-order valence-corrected chi connectivity index (χ2v) is 5.35. The molecule has 0 atom stereocenters. The van der Waals surface area contributed by atoms with Gasteiger partial charge < -0.3 is 9.88 Å². The molecule has 1 aromatic heterocycles. The number of amides is 1. The third-order valence-corrected chi connectivity index (χ3v) is 3.35. The summed E-state index contributed by atoms with van der Waals surface area (Å²) in [7, 11) is 0. The first-order valence-corrected chi connectivity index (χ1v) is 7.88. The Morgan fingerprint density at radius 1 is 1.20 bits per heavy atom. The van der Waals surface area contributed by atoms with Crippen molar-refractivity contribution in [3.8, 4) is 0 Å². The number of carbonyl (C=O) groups is 1. The van der Waals surface area contributed by atoms with Crippen LogP contribution in [0, 0.1) is 13.1 Å². The summed E-state index contributed by atoms with van der Waals surface area (Å²) in [4.78, 5) is 21.3. The van der Waals surface area contributed by atoms with Crippen molar-refractivity contribution in [3.63, 3.8) is 0 Å². The number of H-pyrrole nitrogens is 1. The number of rotatable bonds is 10. The summed E-state index contributed by atoms with van der Waals surface area (Å²) in [5.41, 5.74) is 1.08. The number of unbranched alkanes of at least 4 members (excludes halogenated alkanes) is 2. The van der Waals surface area contributed by atoms with Gasteiger partial charge >= 0.3 is 0 Å². The molecule has 4 nitrogen and oxygen atoms in total. The Bertz CT molecular complexity index is 381. The Morgan fingerprint density at radius 3 is 2.45 bits per heavy atom.